The van der Waals surface area contributed by atoms with Crippen molar-refractivity contribution in [3.63, 3.8) is 0 Å². The van der Waals surface area contributed by atoms with Gasteiger partial charge in [-0.1, -0.05) is 11.6 Å². The molecular weight excluding hydrogens is 398 g/mol. The molecule has 128 valence electrons. The Hall–Kier alpha value is -1.92. The highest BCUT2D eigenvalue weighted by Crippen LogP contribution is 2.31. The number of carbonyl (C=O) groups excluding carboxylic acids is 1. The van der Waals surface area contributed by atoms with E-state index >= 15 is 0 Å². The van der Waals surface area contributed by atoms with Gasteiger partial charge < -0.3 is 19.5 Å². The Morgan fingerprint density at radius 1 is 1.08 bits per heavy atom. The van der Waals surface area contributed by atoms with Gasteiger partial charge in [-0.2, -0.15) is 0 Å². The van der Waals surface area contributed by atoms with Gasteiger partial charge in [-0.3, -0.25) is 4.79 Å². The summed E-state index contributed by atoms with van der Waals surface area (Å²) in [5, 5.41) is 3.36. The molecular formula is C17H17BrClNO4. The summed E-state index contributed by atoms with van der Waals surface area (Å²) < 4.78 is 16.7. The van der Waals surface area contributed by atoms with Crippen molar-refractivity contribution in [1.82, 2.24) is 0 Å². The van der Waals surface area contributed by atoms with Gasteiger partial charge in [0.25, 0.3) is 5.91 Å². The van der Waals surface area contributed by atoms with Gasteiger partial charge in [-0.25, -0.2) is 0 Å². The largest absolute Gasteiger partial charge is 0.493 e. The molecule has 7 heteroatoms. The molecule has 1 N–H and O–H groups in total. The summed E-state index contributed by atoms with van der Waals surface area (Å²) in [7, 11) is 3.09. The maximum absolute atomic E-state index is 12.3. The summed E-state index contributed by atoms with van der Waals surface area (Å²) in [6.45, 7) is 1.66. The molecule has 0 saturated carbocycles. The molecule has 0 aromatic heterocycles. The van der Waals surface area contributed by atoms with Gasteiger partial charge in [0.15, 0.2) is 17.6 Å². The van der Waals surface area contributed by atoms with E-state index in [0.717, 1.165) is 0 Å². The van der Waals surface area contributed by atoms with Gasteiger partial charge in [-0.15, -0.1) is 0 Å². The summed E-state index contributed by atoms with van der Waals surface area (Å²) in [6, 6.07) is 10.2. The van der Waals surface area contributed by atoms with E-state index in [1.54, 1.807) is 50.4 Å². The zero-order chi connectivity index (χ0) is 17.7. The third-order valence-electron chi connectivity index (χ3n) is 3.22. The number of methoxy groups -OCH3 is 2. The van der Waals surface area contributed by atoms with Gasteiger partial charge in [0.2, 0.25) is 0 Å². The Morgan fingerprint density at radius 2 is 1.75 bits per heavy atom. The van der Waals surface area contributed by atoms with Crippen LogP contribution in [0.1, 0.15) is 6.92 Å². The summed E-state index contributed by atoms with van der Waals surface area (Å²) in [5.41, 5.74) is 0.586. The fourth-order valence-electron chi connectivity index (χ4n) is 1.97. The first-order valence-corrected chi connectivity index (χ1v) is 8.26. The second kappa shape index (κ2) is 8.26. The molecule has 0 aliphatic rings. The van der Waals surface area contributed by atoms with Gasteiger partial charge in [0, 0.05) is 16.8 Å². The third kappa shape index (κ3) is 4.55. The van der Waals surface area contributed by atoms with Crippen molar-refractivity contribution in [3.05, 3.63) is 45.9 Å². The number of carbonyl (C=O) groups is 1. The van der Waals surface area contributed by atoms with Crippen LogP contribution in [0.3, 0.4) is 0 Å². The quantitative estimate of drug-likeness (QED) is 0.755. The minimum Gasteiger partial charge on any atom is -0.493 e. The van der Waals surface area contributed by atoms with Crippen molar-refractivity contribution in [2.24, 2.45) is 0 Å². The van der Waals surface area contributed by atoms with Crippen molar-refractivity contribution in [2.75, 3.05) is 19.5 Å². The minimum absolute atomic E-state index is 0.288. The van der Waals surface area contributed by atoms with E-state index in [9.17, 15) is 4.79 Å². The van der Waals surface area contributed by atoms with Crippen LogP contribution in [0.15, 0.2) is 40.9 Å². The number of ether oxygens (including phenoxy) is 3. The predicted octanol–water partition coefficient (Wildman–Crippen LogP) is 4.53. The van der Waals surface area contributed by atoms with E-state index in [0.29, 0.717) is 32.4 Å². The highest BCUT2D eigenvalue weighted by atomic mass is 79.9. The molecule has 0 bridgehead atoms. The molecule has 0 spiro atoms. The van der Waals surface area contributed by atoms with Crippen LogP contribution in [0.2, 0.25) is 5.02 Å². The first-order chi connectivity index (χ1) is 11.4. The van der Waals surface area contributed by atoms with Gasteiger partial charge in [0.1, 0.15) is 5.75 Å². The Bertz CT molecular complexity index is 739. The Morgan fingerprint density at radius 3 is 2.38 bits per heavy atom. The molecule has 0 heterocycles. The molecule has 24 heavy (non-hydrogen) atoms. The Balaban J connectivity index is 2.06. The number of hydrogen-bond acceptors (Lipinski definition) is 4. The van der Waals surface area contributed by atoms with Gasteiger partial charge >= 0.3 is 0 Å². The summed E-state index contributed by atoms with van der Waals surface area (Å²) in [6.07, 6.45) is -0.699. The lowest BCUT2D eigenvalue weighted by molar-refractivity contribution is -0.122. The second-order valence-corrected chi connectivity index (χ2v) is 6.18. The highest BCUT2D eigenvalue weighted by Gasteiger charge is 2.17. The second-order valence-electron chi connectivity index (χ2n) is 4.89. The van der Waals surface area contributed by atoms with Crippen molar-refractivity contribution in [3.8, 4) is 17.2 Å². The topological polar surface area (TPSA) is 56.8 Å². The van der Waals surface area contributed by atoms with Crippen LogP contribution in [-0.2, 0) is 4.79 Å². The maximum atomic E-state index is 12.3. The van der Waals surface area contributed by atoms with Crippen LogP contribution in [0.5, 0.6) is 17.2 Å². The molecule has 5 nitrogen and oxygen atoms in total. The summed E-state index contributed by atoms with van der Waals surface area (Å²) in [5.74, 6) is 1.37. The summed E-state index contributed by atoms with van der Waals surface area (Å²) >= 11 is 9.24. The zero-order valence-electron chi connectivity index (χ0n) is 13.4. The van der Waals surface area contributed by atoms with Crippen molar-refractivity contribution in [1.29, 1.82) is 0 Å². The van der Waals surface area contributed by atoms with Crippen LogP contribution in [0.25, 0.3) is 0 Å². The molecule has 0 radical (unpaired) electrons. The van der Waals surface area contributed by atoms with E-state index < -0.39 is 6.10 Å². The molecule has 0 unspecified atom stereocenters. The lowest BCUT2D eigenvalue weighted by Gasteiger charge is -2.16. The van der Waals surface area contributed by atoms with E-state index in [1.807, 2.05) is 0 Å². The maximum Gasteiger partial charge on any atom is 0.265 e. The SMILES string of the molecule is COc1ccc(NC(=O)[C@@H](C)Oc2ccc(Cl)cc2Br)cc1OC. The van der Waals surface area contributed by atoms with E-state index in [-0.39, 0.29) is 5.91 Å². The minimum atomic E-state index is -0.699. The van der Waals surface area contributed by atoms with Crippen molar-refractivity contribution >= 4 is 39.1 Å². The molecule has 2 aromatic carbocycles. The average Bonchev–Trinajstić information content (AvgIpc) is 2.57. The number of anilines is 1. The molecule has 2 aromatic rings. The molecule has 0 aliphatic heterocycles. The van der Waals surface area contributed by atoms with Crippen LogP contribution in [-0.4, -0.2) is 26.2 Å². The fraction of sp³-hybridized carbons (Fsp3) is 0.235. The molecule has 2 rings (SSSR count). The van der Waals surface area contributed by atoms with E-state index in [2.05, 4.69) is 21.2 Å². The lowest BCUT2D eigenvalue weighted by Crippen LogP contribution is -2.30. The van der Waals surface area contributed by atoms with E-state index in [1.165, 1.54) is 7.11 Å². The lowest BCUT2D eigenvalue weighted by atomic mass is 10.2. The standard InChI is InChI=1S/C17H17BrClNO4/c1-10(24-14-6-4-11(19)8-13(14)18)17(21)20-12-5-7-15(22-2)16(9-12)23-3/h4-10H,1-3H3,(H,20,21)/t10-/m1/s1. The summed E-state index contributed by atoms with van der Waals surface area (Å²) in [4.78, 5) is 12.3. The highest BCUT2D eigenvalue weighted by molar-refractivity contribution is 9.10. The number of hydrogen-bond donors (Lipinski definition) is 1. The first-order valence-electron chi connectivity index (χ1n) is 7.09. The average molecular weight is 415 g/mol. The van der Waals surface area contributed by atoms with Crippen molar-refractivity contribution < 1.29 is 19.0 Å². The predicted molar refractivity (Wildman–Crippen MR) is 97.4 cm³/mol. The molecule has 0 fully saturated rings. The fourth-order valence-corrected chi connectivity index (χ4v) is 2.75. The van der Waals surface area contributed by atoms with Crippen LogP contribution < -0.4 is 19.5 Å². The first kappa shape index (κ1) is 18.4. The number of amides is 1. The van der Waals surface area contributed by atoms with Gasteiger partial charge in [-0.05, 0) is 53.2 Å². The van der Waals surface area contributed by atoms with Crippen LogP contribution in [0, 0.1) is 0 Å². The van der Waals surface area contributed by atoms with E-state index in [4.69, 9.17) is 25.8 Å². The Labute approximate surface area is 154 Å². The normalized spacial score (nSPS) is 11.5. The van der Waals surface area contributed by atoms with Crippen molar-refractivity contribution in [2.45, 2.75) is 13.0 Å². The van der Waals surface area contributed by atoms with Crippen LogP contribution in [0.4, 0.5) is 5.69 Å². The Kier molecular flexibility index (Phi) is 6.34. The smallest absolute Gasteiger partial charge is 0.265 e. The monoisotopic (exact) mass is 413 g/mol. The van der Waals surface area contributed by atoms with Gasteiger partial charge in [0.05, 0.1) is 18.7 Å². The zero-order valence-corrected chi connectivity index (χ0v) is 15.8. The number of rotatable bonds is 6. The third-order valence-corrected chi connectivity index (χ3v) is 4.07. The number of nitrogens with one attached hydrogen (secondary N) is 1. The molecule has 0 aliphatic carbocycles. The number of benzene rings is 2. The number of halogens is 2. The molecule has 0 saturated heterocycles. The molecule has 1 amide bonds. The molecule has 1 atom stereocenters. The van der Waals surface area contributed by atoms with Crippen LogP contribution >= 0.6 is 27.5 Å².